The highest BCUT2D eigenvalue weighted by Gasteiger charge is 2.18. The summed E-state index contributed by atoms with van der Waals surface area (Å²) in [4.78, 5) is 10.3. The van der Waals surface area contributed by atoms with Gasteiger partial charge in [-0.15, -0.1) is 0 Å². The number of nitrogens with one attached hydrogen (secondary N) is 1. The predicted molar refractivity (Wildman–Crippen MR) is 74.2 cm³/mol. The van der Waals surface area contributed by atoms with Crippen LogP contribution in [0.5, 0.6) is 0 Å². The third kappa shape index (κ3) is 3.46. The molecular formula is C12H22N6. The Labute approximate surface area is 108 Å². The van der Waals surface area contributed by atoms with Gasteiger partial charge in [0.1, 0.15) is 11.6 Å². The fourth-order valence-electron chi connectivity index (χ4n) is 2.46. The van der Waals surface area contributed by atoms with Gasteiger partial charge in [0.2, 0.25) is 5.95 Å². The summed E-state index contributed by atoms with van der Waals surface area (Å²) in [5.74, 6) is 1.30. The van der Waals surface area contributed by atoms with Crippen molar-refractivity contribution in [2.75, 3.05) is 36.9 Å². The van der Waals surface area contributed by atoms with E-state index in [0.29, 0.717) is 11.6 Å². The zero-order valence-corrected chi connectivity index (χ0v) is 10.9. The highest BCUT2D eigenvalue weighted by atomic mass is 15.2. The maximum atomic E-state index is 5.61. The van der Waals surface area contributed by atoms with Gasteiger partial charge in [-0.2, -0.15) is 9.97 Å². The number of nitrogens with zero attached hydrogens (tertiary/aromatic N) is 3. The van der Waals surface area contributed by atoms with Crippen LogP contribution in [0.2, 0.25) is 0 Å². The van der Waals surface area contributed by atoms with Gasteiger partial charge in [0.05, 0.1) is 0 Å². The number of hydrogen-bond acceptors (Lipinski definition) is 6. The molecule has 0 spiro atoms. The molecule has 1 heterocycles. The van der Waals surface area contributed by atoms with Crippen LogP contribution in [0.3, 0.4) is 0 Å². The van der Waals surface area contributed by atoms with Crippen LogP contribution in [0.25, 0.3) is 0 Å². The van der Waals surface area contributed by atoms with Crippen LogP contribution >= 0.6 is 0 Å². The standard InChI is InChI=1S/C12H22N6/c1-18(9-4-2-3-5-9)7-6-15-11-8-10(13)16-12(14)17-11/h8-9H,2-7H2,1H3,(H5,13,14,15,16,17). The average molecular weight is 250 g/mol. The van der Waals surface area contributed by atoms with Gasteiger partial charge in [0, 0.05) is 25.2 Å². The summed E-state index contributed by atoms with van der Waals surface area (Å²) in [5, 5.41) is 3.23. The molecule has 0 saturated heterocycles. The topological polar surface area (TPSA) is 93.1 Å². The lowest BCUT2D eigenvalue weighted by atomic mass is 10.2. The van der Waals surface area contributed by atoms with Crippen molar-refractivity contribution in [1.82, 2.24) is 14.9 Å². The molecule has 0 bridgehead atoms. The van der Waals surface area contributed by atoms with E-state index in [4.69, 9.17) is 11.5 Å². The molecule has 0 aliphatic heterocycles. The van der Waals surface area contributed by atoms with Crippen molar-refractivity contribution in [2.45, 2.75) is 31.7 Å². The van der Waals surface area contributed by atoms with E-state index in [2.05, 4.69) is 27.2 Å². The lowest BCUT2D eigenvalue weighted by Gasteiger charge is -2.24. The minimum absolute atomic E-state index is 0.210. The molecule has 100 valence electrons. The van der Waals surface area contributed by atoms with E-state index in [1.165, 1.54) is 25.7 Å². The molecule has 0 unspecified atom stereocenters. The molecule has 6 heteroatoms. The van der Waals surface area contributed by atoms with Crippen molar-refractivity contribution in [3.63, 3.8) is 0 Å². The molecule has 1 fully saturated rings. The number of hydrogen-bond donors (Lipinski definition) is 3. The molecule has 0 radical (unpaired) electrons. The number of nitrogens with two attached hydrogens (primary N) is 2. The van der Waals surface area contributed by atoms with Gasteiger partial charge in [-0.3, -0.25) is 0 Å². The van der Waals surface area contributed by atoms with Gasteiger partial charge in [-0.05, 0) is 19.9 Å². The summed E-state index contributed by atoms with van der Waals surface area (Å²) in [6, 6.07) is 2.44. The zero-order valence-electron chi connectivity index (χ0n) is 10.9. The third-order valence-corrected chi connectivity index (χ3v) is 3.48. The van der Waals surface area contributed by atoms with Crippen molar-refractivity contribution < 1.29 is 0 Å². The van der Waals surface area contributed by atoms with Gasteiger partial charge in [-0.1, -0.05) is 12.8 Å². The average Bonchev–Trinajstić information content (AvgIpc) is 2.80. The molecule has 1 aliphatic carbocycles. The Morgan fingerprint density at radius 3 is 2.72 bits per heavy atom. The first-order chi connectivity index (χ1) is 8.65. The van der Waals surface area contributed by atoms with Crippen LogP contribution in [0.4, 0.5) is 17.6 Å². The van der Waals surface area contributed by atoms with E-state index in [1.807, 2.05) is 0 Å². The first kappa shape index (κ1) is 12.9. The molecule has 2 rings (SSSR count). The van der Waals surface area contributed by atoms with Crippen LogP contribution in [-0.4, -0.2) is 41.0 Å². The number of anilines is 3. The fourth-order valence-corrected chi connectivity index (χ4v) is 2.46. The van der Waals surface area contributed by atoms with Crippen molar-refractivity contribution >= 4 is 17.6 Å². The van der Waals surface area contributed by atoms with Gasteiger partial charge in [-0.25, -0.2) is 0 Å². The monoisotopic (exact) mass is 250 g/mol. The molecule has 0 aromatic carbocycles. The van der Waals surface area contributed by atoms with Gasteiger partial charge in [0.15, 0.2) is 0 Å². The second-order valence-corrected chi connectivity index (χ2v) is 4.88. The summed E-state index contributed by atoms with van der Waals surface area (Å²) in [5.41, 5.74) is 11.1. The minimum Gasteiger partial charge on any atom is -0.383 e. The fraction of sp³-hybridized carbons (Fsp3) is 0.667. The molecule has 1 saturated carbocycles. The summed E-state index contributed by atoms with van der Waals surface area (Å²) in [7, 11) is 2.18. The summed E-state index contributed by atoms with van der Waals surface area (Å²) in [6.45, 7) is 1.83. The van der Waals surface area contributed by atoms with E-state index >= 15 is 0 Å². The Bertz CT molecular complexity index is 368. The Balaban J connectivity index is 1.77. The molecule has 18 heavy (non-hydrogen) atoms. The molecule has 6 nitrogen and oxygen atoms in total. The summed E-state index contributed by atoms with van der Waals surface area (Å²) in [6.07, 6.45) is 5.37. The predicted octanol–water partition coefficient (Wildman–Crippen LogP) is 0.927. The van der Waals surface area contributed by atoms with Gasteiger partial charge >= 0.3 is 0 Å². The highest BCUT2D eigenvalue weighted by molar-refractivity contribution is 5.48. The van der Waals surface area contributed by atoms with Crippen molar-refractivity contribution in [3.05, 3.63) is 6.07 Å². The Hall–Kier alpha value is -1.56. The maximum absolute atomic E-state index is 5.61. The molecule has 0 amide bonds. The smallest absolute Gasteiger partial charge is 0.223 e. The molecular weight excluding hydrogens is 228 g/mol. The normalized spacial score (nSPS) is 16.3. The van der Waals surface area contributed by atoms with Crippen molar-refractivity contribution in [3.8, 4) is 0 Å². The maximum Gasteiger partial charge on any atom is 0.223 e. The number of nitrogen functional groups attached to an aromatic ring is 2. The first-order valence-corrected chi connectivity index (χ1v) is 6.49. The van der Waals surface area contributed by atoms with E-state index in [-0.39, 0.29) is 5.95 Å². The van der Waals surface area contributed by atoms with Crippen LogP contribution < -0.4 is 16.8 Å². The Morgan fingerprint density at radius 2 is 2.06 bits per heavy atom. The van der Waals surface area contributed by atoms with E-state index in [0.717, 1.165) is 19.1 Å². The second kappa shape index (κ2) is 5.86. The number of aromatic nitrogens is 2. The van der Waals surface area contributed by atoms with E-state index < -0.39 is 0 Å². The molecule has 5 N–H and O–H groups in total. The second-order valence-electron chi connectivity index (χ2n) is 4.88. The Kier molecular flexibility index (Phi) is 4.19. The van der Waals surface area contributed by atoms with Crippen LogP contribution in [0.15, 0.2) is 6.07 Å². The quantitative estimate of drug-likeness (QED) is 0.720. The van der Waals surface area contributed by atoms with E-state index in [9.17, 15) is 0 Å². The van der Waals surface area contributed by atoms with Gasteiger partial charge in [0.25, 0.3) is 0 Å². The van der Waals surface area contributed by atoms with E-state index in [1.54, 1.807) is 6.07 Å². The third-order valence-electron chi connectivity index (χ3n) is 3.48. The highest BCUT2D eigenvalue weighted by Crippen LogP contribution is 2.21. The van der Waals surface area contributed by atoms with Crippen LogP contribution in [0.1, 0.15) is 25.7 Å². The lowest BCUT2D eigenvalue weighted by Crippen LogP contribution is -2.33. The molecule has 1 aromatic rings. The van der Waals surface area contributed by atoms with Crippen LogP contribution in [0, 0.1) is 0 Å². The lowest BCUT2D eigenvalue weighted by molar-refractivity contribution is 0.254. The first-order valence-electron chi connectivity index (χ1n) is 6.49. The zero-order chi connectivity index (χ0) is 13.0. The van der Waals surface area contributed by atoms with Gasteiger partial charge < -0.3 is 21.7 Å². The van der Waals surface area contributed by atoms with Crippen molar-refractivity contribution in [1.29, 1.82) is 0 Å². The van der Waals surface area contributed by atoms with Crippen molar-refractivity contribution in [2.24, 2.45) is 0 Å². The Morgan fingerprint density at radius 1 is 1.33 bits per heavy atom. The summed E-state index contributed by atoms with van der Waals surface area (Å²) >= 11 is 0. The molecule has 1 aliphatic rings. The summed E-state index contributed by atoms with van der Waals surface area (Å²) < 4.78 is 0. The SMILES string of the molecule is CN(CCNc1cc(N)nc(N)n1)C1CCCC1. The molecule has 1 aromatic heterocycles. The number of likely N-dealkylation sites (N-methyl/N-ethyl adjacent to an activating group) is 1. The minimum atomic E-state index is 0.210. The van der Waals surface area contributed by atoms with Crippen LogP contribution in [-0.2, 0) is 0 Å². The molecule has 0 atom stereocenters. The largest absolute Gasteiger partial charge is 0.383 e. The number of rotatable bonds is 5.